The second-order valence-corrected chi connectivity index (χ2v) is 5.73. The fourth-order valence-corrected chi connectivity index (χ4v) is 2.80. The van der Waals surface area contributed by atoms with E-state index in [9.17, 15) is 9.18 Å². The monoisotopic (exact) mass is 279 g/mol. The Morgan fingerprint density at radius 1 is 1.55 bits per heavy atom. The van der Waals surface area contributed by atoms with Crippen LogP contribution in [0.3, 0.4) is 0 Å². The quantitative estimate of drug-likeness (QED) is 0.872. The SMILES string of the molecule is CNC(=O)C1(C)CCN(Cc2cc(CN)ccc2F)C1. The molecule has 1 saturated heterocycles. The Labute approximate surface area is 119 Å². The van der Waals surface area contributed by atoms with Crippen molar-refractivity contribution in [3.05, 3.63) is 35.1 Å². The molecule has 1 amide bonds. The maximum atomic E-state index is 13.8. The van der Waals surface area contributed by atoms with Crippen molar-refractivity contribution >= 4 is 5.91 Å². The van der Waals surface area contributed by atoms with E-state index in [1.807, 2.05) is 13.0 Å². The Morgan fingerprint density at radius 2 is 2.30 bits per heavy atom. The third-order valence-electron chi connectivity index (χ3n) is 4.07. The predicted molar refractivity (Wildman–Crippen MR) is 76.4 cm³/mol. The van der Waals surface area contributed by atoms with Crippen molar-refractivity contribution in [3.8, 4) is 0 Å². The number of benzene rings is 1. The molecule has 0 bridgehead atoms. The first kappa shape index (κ1) is 14.9. The first-order valence-electron chi connectivity index (χ1n) is 6.90. The minimum atomic E-state index is -0.378. The maximum absolute atomic E-state index is 13.8. The molecular formula is C15H22FN3O. The van der Waals surface area contributed by atoms with Gasteiger partial charge >= 0.3 is 0 Å². The average molecular weight is 279 g/mol. The molecule has 0 radical (unpaired) electrons. The van der Waals surface area contributed by atoms with E-state index in [-0.39, 0.29) is 17.1 Å². The molecule has 1 aliphatic rings. The minimum Gasteiger partial charge on any atom is -0.359 e. The van der Waals surface area contributed by atoms with Crippen molar-refractivity contribution in [2.75, 3.05) is 20.1 Å². The van der Waals surface area contributed by atoms with Gasteiger partial charge in [0.25, 0.3) is 0 Å². The first-order chi connectivity index (χ1) is 9.48. The van der Waals surface area contributed by atoms with Crippen molar-refractivity contribution in [2.24, 2.45) is 11.1 Å². The number of hydrogen-bond donors (Lipinski definition) is 2. The zero-order chi connectivity index (χ0) is 14.8. The van der Waals surface area contributed by atoms with Crippen LogP contribution in [0, 0.1) is 11.2 Å². The Bertz CT molecular complexity index is 506. The van der Waals surface area contributed by atoms with Gasteiger partial charge in [0.05, 0.1) is 5.41 Å². The molecule has 1 aromatic carbocycles. The second-order valence-electron chi connectivity index (χ2n) is 5.73. The van der Waals surface area contributed by atoms with Gasteiger partial charge in [0, 0.05) is 32.2 Å². The lowest BCUT2D eigenvalue weighted by atomic mass is 9.89. The zero-order valence-electron chi connectivity index (χ0n) is 12.1. The van der Waals surface area contributed by atoms with Crippen LogP contribution < -0.4 is 11.1 Å². The topological polar surface area (TPSA) is 58.4 Å². The largest absolute Gasteiger partial charge is 0.359 e. The Balaban J connectivity index is 2.07. The van der Waals surface area contributed by atoms with Crippen molar-refractivity contribution in [1.29, 1.82) is 0 Å². The van der Waals surface area contributed by atoms with Gasteiger partial charge in [-0.05, 0) is 31.5 Å². The van der Waals surface area contributed by atoms with Gasteiger partial charge in [-0.3, -0.25) is 9.69 Å². The molecule has 2 rings (SSSR count). The molecule has 5 heteroatoms. The van der Waals surface area contributed by atoms with E-state index in [2.05, 4.69) is 10.2 Å². The summed E-state index contributed by atoms with van der Waals surface area (Å²) in [4.78, 5) is 14.0. The summed E-state index contributed by atoms with van der Waals surface area (Å²) in [5.74, 6) is -0.160. The van der Waals surface area contributed by atoms with Gasteiger partial charge in [-0.2, -0.15) is 0 Å². The standard InChI is InChI=1S/C15H22FN3O/c1-15(14(20)18-2)5-6-19(10-15)9-12-7-11(8-17)3-4-13(12)16/h3-4,7H,5-6,8-10,17H2,1-2H3,(H,18,20). The number of rotatable bonds is 4. The number of nitrogens with zero attached hydrogens (tertiary/aromatic N) is 1. The van der Waals surface area contributed by atoms with Crippen LogP contribution >= 0.6 is 0 Å². The lowest BCUT2D eigenvalue weighted by Gasteiger charge is -2.23. The molecule has 0 spiro atoms. The van der Waals surface area contributed by atoms with Crippen molar-refractivity contribution in [2.45, 2.75) is 26.4 Å². The highest BCUT2D eigenvalue weighted by molar-refractivity contribution is 5.82. The molecule has 4 nitrogen and oxygen atoms in total. The van der Waals surface area contributed by atoms with Crippen LogP contribution in [0.15, 0.2) is 18.2 Å². The number of carbonyl (C=O) groups excluding carboxylic acids is 1. The van der Waals surface area contributed by atoms with Crippen molar-refractivity contribution in [3.63, 3.8) is 0 Å². The summed E-state index contributed by atoms with van der Waals surface area (Å²) in [6.07, 6.45) is 0.796. The molecule has 1 heterocycles. The number of likely N-dealkylation sites (tertiary alicyclic amines) is 1. The fraction of sp³-hybridized carbons (Fsp3) is 0.533. The Morgan fingerprint density at radius 3 is 2.95 bits per heavy atom. The van der Waals surface area contributed by atoms with E-state index in [0.29, 0.717) is 25.2 Å². The number of nitrogens with two attached hydrogens (primary N) is 1. The molecule has 0 aromatic heterocycles. The highest BCUT2D eigenvalue weighted by Crippen LogP contribution is 2.31. The third-order valence-corrected chi connectivity index (χ3v) is 4.07. The molecule has 3 N–H and O–H groups in total. The van der Waals surface area contributed by atoms with Gasteiger partial charge in [-0.1, -0.05) is 12.1 Å². The van der Waals surface area contributed by atoms with Crippen LogP contribution in [0.1, 0.15) is 24.5 Å². The number of halogens is 1. The van der Waals surface area contributed by atoms with Gasteiger partial charge in [0.1, 0.15) is 5.82 Å². The van der Waals surface area contributed by atoms with Gasteiger partial charge in [0.15, 0.2) is 0 Å². The molecule has 1 fully saturated rings. The predicted octanol–water partition coefficient (Wildman–Crippen LogP) is 1.24. The summed E-state index contributed by atoms with van der Waals surface area (Å²) >= 11 is 0. The van der Waals surface area contributed by atoms with E-state index in [4.69, 9.17) is 5.73 Å². The van der Waals surface area contributed by atoms with Crippen LogP contribution in [-0.2, 0) is 17.9 Å². The van der Waals surface area contributed by atoms with Crippen LogP contribution in [0.4, 0.5) is 4.39 Å². The molecule has 0 saturated carbocycles. The van der Waals surface area contributed by atoms with E-state index >= 15 is 0 Å². The summed E-state index contributed by atoms with van der Waals surface area (Å²) in [6, 6.07) is 4.98. The molecule has 20 heavy (non-hydrogen) atoms. The fourth-order valence-electron chi connectivity index (χ4n) is 2.80. The first-order valence-corrected chi connectivity index (χ1v) is 6.90. The second kappa shape index (κ2) is 5.89. The Hall–Kier alpha value is -1.46. The number of nitrogens with one attached hydrogen (secondary N) is 1. The molecule has 1 atom stereocenters. The number of hydrogen-bond acceptors (Lipinski definition) is 3. The van der Waals surface area contributed by atoms with E-state index in [1.165, 1.54) is 6.07 Å². The third kappa shape index (κ3) is 2.99. The normalized spacial score (nSPS) is 23.0. The highest BCUT2D eigenvalue weighted by Gasteiger charge is 2.39. The lowest BCUT2D eigenvalue weighted by Crippen LogP contribution is -2.39. The van der Waals surface area contributed by atoms with E-state index in [1.54, 1.807) is 13.1 Å². The smallest absolute Gasteiger partial charge is 0.227 e. The van der Waals surface area contributed by atoms with Crippen LogP contribution in [0.2, 0.25) is 0 Å². The molecule has 110 valence electrons. The van der Waals surface area contributed by atoms with Gasteiger partial charge in [-0.15, -0.1) is 0 Å². The van der Waals surface area contributed by atoms with Gasteiger partial charge in [0.2, 0.25) is 5.91 Å². The maximum Gasteiger partial charge on any atom is 0.227 e. The minimum absolute atomic E-state index is 0.0520. The lowest BCUT2D eigenvalue weighted by molar-refractivity contribution is -0.129. The molecule has 1 aliphatic heterocycles. The van der Waals surface area contributed by atoms with Gasteiger partial charge in [-0.25, -0.2) is 4.39 Å². The van der Waals surface area contributed by atoms with Crippen LogP contribution in [-0.4, -0.2) is 30.9 Å². The van der Waals surface area contributed by atoms with Crippen molar-refractivity contribution < 1.29 is 9.18 Å². The summed E-state index contributed by atoms with van der Waals surface area (Å²) in [6.45, 7) is 4.34. The van der Waals surface area contributed by atoms with Gasteiger partial charge < -0.3 is 11.1 Å². The van der Waals surface area contributed by atoms with E-state index < -0.39 is 0 Å². The molecule has 1 unspecified atom stereocenters. The zero-order valence-corrected chi connectivity index (χ0v) is 12.1. The van der Waals surface area contributed by atoms with E-state index in [0.717, 1.165) is 18.5 Å². The molecule has 1 aromatic rings. The van der Waals surface area contributed by atoms with Crippen molar-refractivity contribution in [1.82, 2.24) is 10.2 Å². The summed E-state index contributed by atoms with van der Waals surface area (Å²) in [7, 11) is 1.65. The summed E-state index contributed by atoms with van der Waals surface area (Å²) in [5.41, 5.74) is 6.78. The van der Waals surface area contributed by atoms with Crippen LogP contribution in [0.5, 0.6) is 0 Å². The van der Waals surface area contributed by atoms with Crippen LogP contribution in [0.25, 0.3) is 0 Å². The summed E-state index contributed by atoms with van der Waals surface area (Å²) < 4.78 is 13.8. The Kier molecular flexibility index (Phi) is 4.40. The molecule has 0 aliphatic carbocycles. The summed E-state index contributed by atoms with van der Waals surface area (Å²) in [5, 5.41) is 2.71. The highest BCUT2D eigenvalue weighted by atomic mass is 19.1. The number of carbonyl (C=O) groups is 1. The number of amides is 1. The average Bonchev–Trinajstić information content (AvgIpc) is 2.83. The molecular weight excluding hydrogens is 257 g/mol.